The molecule has 0 bridgehead atoms. The summed E-state index contributed by atoms with van der Waals surface area (Å²) in [6.07, 6.45) is 3.52. The van der Waals surface area contributed by atoms with E-state index < -0.39 is 6.03 Å². The first-order valence-corrected chi connectivity index (χ1v) is 9.75. The highest BCUT2D eigenvalue weighted by molar-refractivity contribution is 7.73. The van der Waals surface area contributed by atoms with Gasteiger partial charge in [0.15, 0.2) is 3.95 Å². The molecule has 1 aromatic heterocycles. The van der Waals surface area contributed by atoms with Gasteiger partial charge in [0.2, 0.25) is 5.88 Å². The lowest BCUT2D eigenvalue weighted by Gasteiger charge is -2.09. The molecular formula is C19H13ClN4O2S2. The number of amides is 2. The van der Waals surface area contributed by atoms with Crippen LogP contribution in [0, 0.1) is 3.95 Å². The van der Waals surface area contributed by atoms with E-state index in [1.54, 1.807) is 36.6 Å². The van der Waals surface area contributed by atoms with Gasteiger partial charge in [-0.3, -0.25) is 4.99 Å². The van der Waals surface area contributed by atoms with Gasteiger partial charge in [0.25, 0.3) is 0 Å². The first-order valence-electron chi connectivity index (χ1n) is 8.15. The quantitative estimate of drug-likeness (QED) is 0.470. The Balaban J connectivity index is 1.57. The second-order valence-corrected chi connectivity index (χ2v) is 7.95. The number of anilines is 1. The molecule has 6 nitrogen and oxygen atoms in total. The Morgan fingerprint density at radius 1 is 1.25 bits per heavy atom. The summed E-state index contributed by atoms with van der Waals surface area (Å²) in [5.41, 5.74) is 5.75. The van der Waals surface area contributed by atoms with Crippen molar-refractivity contribution in [3.05, 3.63) is 67.9 Å². The molecule has 4 rings (SSSR count). The number of thiazole rings is 1. The molecule has 1 aliphatic heterocycles. The summed E-state index contributed by atoms with van der Waals surface area (Å²) in [5.74, 6) is -0.151. The van der Waals surface area contributed by atoms with Gasteiger partial charge in [-0.1, -0.05) is 47.2 Å². The van der Waals surface area contributed by atoms with E-state index in [1.165, 1.54) is 11.3 Å². The molecule has 0 saturated heterocycles. The molecule has 2 heterocycles. The second-order valence-electron chi connectivity index (χ2n) is 5.84. The highest BCUT2D eigenvalue weighted by Crippen LogP contribution is 2.35. The smallest absolute Gasteiger partial charge is 0.338 e. The third-order valence-electron chi connectivity index (χ3n) is 3.95. The summed E-state index contributed by atoms with van der Waals surface area (Å²) in [6, 6.07) is 13.9. The van der Waals surface area contributed by atoms with Crippen LogP contribution in [0.25, 0.3) is 11.6 Å². The number of aromatic nitrogens is 1. The number of benzene rings is 2. The van der Waals surface area contributed by atoms with Crippen LogP contribution in [0.1, 0.15) is 10.4 Å². The van der Waals surface area contributed by atoms with Crippen molar-refractivity contribution < 1.29 is 9.90 Å². The van der Waals surface area contributed by atoms with Crippen molar-refractivity contribution in [3.63, 3.8) is 0 Å². The minimum Gasteiger partial charge on any atom is -0.492 e. The van der Waals surface area contributed by atoms with Crippen LogP contribution in [0.15, 0.2) is 53.5 Å². The van der Waals surface area contributed by atoms with Gasteiger partial charge >= 0.3 is 6.03 Å². The maximum absolute atomic E-state index is 12.2. The Morgan fingerprint density at radius 2 is 2.07 bits per heavy atom. The van der Waals surface area contributed by atoms with Crippen molar-refractivity contribution in [3.8, 4) is 5.88 Å². The van der Waals surface area contributed by atoms with E-state index >= 15 is 0 Å². The van der Waals surface area contributed by atoms with Gasteiger partial charge < -0.3 is 10.4 Å². The zero-order valence-electron chi connectivity index (χ0n) is 14.2. The van der Waals surface area contributed by atoms with Crippen molar-refractivity contribution in [1.82, 2.24) is 4.68 Å². The average molecular weight is 429 g/mol. The Morgan fingerprint density at radius 3 is 2.89 bits per heavy atom. The first-order chi connectivity index (χ1) is 13.5. The number of nitrogens with one attached hydrogen (secondary N) is 2. The number of aromatic hydroxyl groups is 1. The fourth-order valence-electron chi connectivity index (χ4n) is 2.70. The minimum absolute atomic E-state index is 0.151. The summed E-state index contributed by atoms with van der Waals surface area (Å²) in [4.78, 5) is 17.1. The molecule has 140 valence electrons. The van der Waals surface area contributed by atoms with E-state index in [0.717, 1.165) is 21.5 Å². The van der Waals surface area contributed by atoms with E-state index in [1.807, 2.05) is 24.3 Å². The standard InChI is InChI=1S/C19H13ClN4O2S2/c20-12-4-3-5-13(9-12)22-18(26)23-24-17(25)16(28-19(24)27)8-11-10-21-15-7-2-1-6-14(11)15/h1-10,25H,(H2,22,23,26)/b11-8+. The van der Waals surface area contributed by atoms with Gasteiger partial charge in [-0.15, -0.1) is 0 Å². The van der Waals surface area contributed by atoms with E-state index in [4.69, 9.17) is 23.8 Å². The number of hydrogen-bond donors (Lipinski definition) is 3. The summed E-state index contributed by atoms with van der Waals surface area (Å²) in [6.45, 7) is 0. The lowest BCUT2D eigenvalue weighted by Crippen LogP contribution is -2.27. The second kappa shape index (κ2) is 7.59. The SMILES string of the molecule is O=C(Nc1cccc(Cl)c1)Nn1c(O)c(/C=C2\C=Nc3ccccc32)sc1=S. The Kier molecular flexibility index (Phi) is 4.99. The molecule has 2 aromatic carbocycles. The highest BCUT2D eigenvalue weighted by atomic mass is 35.5. The van der Waals surface area contributed by atoms with Gasteiger partial charge in [0.1, 0.15) is 0 Å². The Bertz CT molecular complexity index is 1200. The van der Waals surface area contributed by atoms with Crippen LogP contribution in [0.3, 0.4) is 0 Å². The van der Waals surface area contributed by atoms with Crippen LogP contribution < -0.4 is 10.7 Å². The number of para-hydroxylation sites is 1. The van der Waals surface area contributed by atoms with Gasteiger partial charge in [-0.05, 0) is 42.6 Å². The maximum Gasteiger partial charge on any atom is 0.338 e. The first kappa shape index (κ1) is 18.4. The molecule has 0 spiro atoms. The van der Waals surface area contributed by atoms with Gasteiger partial charge in [0.05, 0.1) is 10.6 Å². The number of fused-ring (bicyclic) bond motifs is 1. The number of urea groups is 1. The van der Waals surface area contributed by atoms with E-state index in [9.17, 15) is 9.90 Å². The molecular weight excluding hydrogens is 416 g/mol. The Hall–Kier alpha value is -2.94. The monoisotopic (exact) mass is 428 g/mol. The van der Waals surface area contributed by atoms with Crippen LogP contribution in [-0.2, 0) is 0 Å². The largest absolute Gasteiger partial charge is 0.492 e. The third kappa shape index (κ3) is 3.70. The summed E-state index contributed by atoms with van der Waals surface area (Å²) >= 11 is 12.4. The zero-order chi connectivity index (χ0) is 19.7. The number of nitrogens with zero attached hydrogens (tertiary/aromatic N) is 2. The van der Waals surface area contributed by atoms with Crippen LogP contribution in [-0.4, -0.2) is 22.0 Å². The fraction of sp³-hybridized carbons (Fsp3) is 0. The summed E-state index contributed by atoms with van der Waals surface area (Å²) in [5, 5.41) is 13.7. The summed E-state index contributed by atoms with van der Waals surface area (Å²) in [7, 11) is 0. The number of aliphatic imine (C=N–C) groups is 1. The minimum atomic E-state index is -0.557. The molecule has 0 radical (unpaired) electrons. The van der Waals surface area contributed by atoms with Crippen LogP contribution in [0.5, 0.6) is 5.88 Å². The molecule has 3 N–H and O–H groups in total. The van der Waals surface area contributed by atoms with Crippen LogP contribution in [0.2, 0.25) is 5.02 Å². The number of carbonyl (C=O) groups is 1. The van der Waals surface area contributed by atoms with Crippen molar-refractivity contribution in [2.24, 2.45) is 4.99 Å². The summed E-state index contributed by atoms with van der Waals surface area (Å²) < 4.78 is 1.46. The maximum atomic E-state index is 12.2. The molecule has 9 heteroatoms. The molecule has 0 unspecified atom stereocenters. The molecule has 1 aliphatic rings. The lowest BCUT2D eigenvalue weighted by molar-refractivity contribution is 0.259. The Labute approximate surface area is 174 Å². The number of carbonyl (C=O) groups excluding carboxylic acids is 1. The number of halogens is 1. The van der Waals surface area contributed by atoms with Crippen molar-refractivity contribution in [1.29, 1.82) is 0 Å². The molecule has 0 saturated carbocycles. The topological polar surface area (TPSA) is 78.7 Å². The third-order valence-corrected chi connectivity index (χ3v) is 5.50. The number of allylic oxidation sites excluding steroid dienone is 1. The van der Waals surface area contributed by atoms with Gasteiger partial charge in [-0.2, -0.15) is 4.68 Å². The normalized spacial score (nSPS) is 13.5. The average Bonchev–Trinajstić information content (AvgIpc) is 3.18. The molecule has 3 aromatic rings. The lowest BCUT2D eigenvalue weighted by atomic mass is 10.1. The predicted molar refractivity (Wildman–Crippen MR) is 117 cm³/mol. The van der Waals surface area contributed by atoms with Crippen molar-refractivity contribution in [2.45, 2.75) is 0 Å². The molecule has 28 heavy (non-hydrogen) atoms. The molecule has 0 fully saturated rings. The van der Waals surface area contributed by atoms with E-state index in [-0.39, 0.29) is 5.88 Å². The number of rotatable bonds is 3. The van der Waals surface area contributed by atoms with Gasteiger partial charge in [-0.25, -0.2) is 10.2 Å². The molecule has 2 amide bonds. The van der Waals surface area contributed by atoms with Crippen LogP contribution in [0.4, 0.5) is 16.2 Å². The molecule has 0 aliphatic carbocycles. The zero-order valence-corrected chi connectivity index (χ0v) is 16.6. The van der Waals surface area contributed by atoms with Crippen molar-refractivity contribution >= 4 is 70.4 Å². The van der Waals surface area contributed by atoms with Gasteiger partial charge in [0, 0.05) is 28.1 Å². The van der Waals surface area contributed by atoms with Crippen molar-refractivity contribution in [2.75, 3.05) is 10.7 Å². The molecule has 0 atom stereocenters. The van der Waals surface area contributed by atoms with E-state index in [0.29, 0.717) is 19.5 Å². The predicted octanol–water partition coefficient (Wildman–Crippen LogP) is 5.67. The van der Waals surface area contributed by atoms with E-state index in [2.05, 4.69) is 15.7 Å². The highest BCUT2D eigenvalue weighted by Gasteiger charge is 2.16. The fourth-order valence-corrected chi connectivity index (χ4v) is 4.07. The number of hydrogen-bond acceptors (Lipinski definition) is 5. The van der Waals surface area contributed by atoms with Crippen LogP contribution >= 0.6 is 35.2 Å².